The average Bonchev–Trinajstić information content (AvgIpc) is 3.34. The Labute approximate surface area is 164 Å². The van der Waals surface area contributed by atoms with Crippen molar-refractivity contribution in [2.24, 2.45) is 0 Å². The van der Waals surface area contributed by atoms with Gasteiger partial charge < -0.3 is 4.74 Å². The monoisotopic (exact) mass is 424 g/mol. The minimum absolute atomic E-state index is 0.0150. The molecule has 0 saturated carbocycles. The van der Waals surface area contributed by atoms with Gasteiger partial charge >= 0.3 is 0 Å². The van der Waals surface area contributed by atoms with Crippen molar-refractivity contribution in [1.82, 2.24) is 28.7 Å². The number of piperidine rings is 1. The topological polar surface area (TPSA) is 94.6 Å². The van der Waals surface area contributed by atoms with Crippen molar-refractivity contribution in [3.8, 4) is 5.88 Å². The Morgan fingerprint density at radius 2 is 1.97 bits per heavy atom. The number of ether oxygens (including phenoxy) is 1. The zero-order valence-electron chi connectivity index (χ0n) is 15.3. The van der Waals surface area contributed by atoms with E-state index in [0.29, 0.717) is 13.2 Å². The Balaban J connectivity index is 1.40. The van der Waals surface area contributed by atoms with Crippen molar-refractivity contribution in [3.63, 3.8) is 0 Å². The molecule has 1 saturated heterocycles. The van der Waals surface area contributed by atoms with E-state index in [1.807, 2.05) is 0 Å². The minimum Gasteiger partial charge on any atom is -0.477 e. The predicted molar refractivity (Wildman–Crippen MR) is 96.1 cm³/mol. The molecule has 154 valence electrons. The number of pyridine rings is 1. The van der Waals surface area contributed by atoms with Crippen LogP contribution in [0.15, 0.2) is 29.7 Å². The quantitative estimate of drug-likeness (QED) is 0.633. The van der Waals surface area contributed by atoms with Crippen LogP contribution in [-0.4, -0.2) is 56.8 Å². The molecular formula is C17H18F2N6O3S. The third-order valence-corrected chi connectivity index (χ3v) is 7.37. The number of rotatable bonds is 3. The molecule has 12 heteroatoms. The third kappa shape index (κ3) is 2.89. The maximum Gasteiger partial charge on any atom is 0.250 e. The number of sulfonamides is 1. The van der Waals surface area contributed by atoms with E-state index in [1.54, 1.807) is 0 Å². The Morgan fingerprint density at radius 1 is 1.17 bits per heavy atom. The molecule has 2 aliphatic heterocycles. The van der Waals surface area contributed by atoms with Gasteiger partial charge in [-0.05, 0) is 12.8 Å². The molecule has 5 heterocycles. The van der Waals surface area contributed by atoms with E-state index in [1.165, 1.54) is 32.2 Å². The fourth-order valence-electron chi connectivity index (χ4n) is 3.88. The molecule has 0 spiro atoms. The summed E-state index contributed by atoms with van der Waals surface area (Å²) < 4.78 is 65.7. The fourth-order valence-corrected chi connectivity index (χ4v) is 5.38. The first-order valence-electron chi connectivity index (χ1n) is 9.25. The zero-order valence-corrected chi connectivity index (χ0v) is 16.1. The zero-order chi connectivity index (χ0) is 20.2. The Morgan fingerprint density at radius 3 is 2.76 bits per heavy atom. The Kier molecular flexibility index (Phi) is 4.10. The van der Waals surface area contributed by atoms with Gasteiger partial charge in [-0.25, -0.2) is 31.4 Å². The third-order valence-electron chi connectivity index (χ3n) is 5.49. The average molecular weight is 424 g/mol. The van der Waals surface area contributed by atoms with E-state index in [-0.39, 0.29) is 47.9 Å². The normalized spacial score (nSPS) is 19.8. The number of aryl methyl sites for hydroxylation is 1. The van der Waals surface area contributed by atoms with Crippen molar-refractivity contribution in [2.45, 2.75) is 36.4 Å². The van der Waals surface area contributed by atoms with Crippen LogP contribution in [0.5, 0.6) is 5.88 Å². The second-order valence-corrected chi connectivity index (χ2v) is 9.11. The van der Waals surface area contributed by atoms with Crippen LogP contribution in [0.1, 0.15) is 24.8 Å². The molecule has 0 amide bonds. The lowest BCUT2D eigenvalue weighted by atomic mass is 9.87. The van der Waals surface area contributed by atoms with Crippen LogP contribution in [0.4, 0.5) is 8.78 Å². The van der Waals surface area contributed by atoms with Crippen molar-refractivity contribution in [1.29, 1.82) is 0 Å². The van der Waals surface area contributed by atoms with Gasteiger partial charge in [-0.15, -0.1) is 0 Å². The minimum atomic E-state index is -3.89. The van der Waals surface area contributed by atoms with Crippen LogP contribution in [0.3, 0.4) is 0 Å². The summed E-state index contributed by atoms with van der Waals surface area (Å²) in [5.41, 5.74) is -1.86. The first-order chi connectivity index (χ1) is 13.9. The molecule has 1 fully saturated rings. The summed E-state index contributed by atoms with van der Waals surface area (Å²) in [7, 11) is -3.89. The van der Waals surface area contributed by atoms with Crippen molar-refractivity contribution < 1.29 is 21.9 Å². The van der Waals surface area contributed by atoms with Crippen molar-refractivity contribution in [3.05, 3.63) is 36.2 Å². The van der Waals surface area contributed by atoms with E-state index >= 15 is 4.39 Å². The molecule has 0 atom stereocenters. The van der Waals surface area contributed by atoms with Crippen LogP contribution >= 0.6 is 0 Å². The molecule has 0 N–H and O–H groups in total. The highest BCUT2D eigenvalue weighted by Crippen LogP contribution is 2.40. The van der Waals surface area contributed by atoms with Gasteiger partial charge in [0.25, 0.3) is 0 Å². The summed E-state index contributed by atoms with van der Waals surface area (Å²) in [4.78, 5) is 3.86. The van der Waals surface area contributed by atoms with Gasteiger partial charge in [-0.3, -0.25) is 0 Å². The molecule has 5 rings (SSSR count). The molecule has 0 bridgehead atoms. The number of alkyl halides is 1. The van der Waals surface area contributed by atoms with Crippen LogP contribution in [0.2, 0.25) is 0 Å². The maximum absolute atomic E-state index is 15.6. The van der Waals surface area contributed by atoms with Gasteiger partial charge in [0.1, 0.15) is 17.8 Å². The molecule has 0 aromatic carbocycles. The maximum atomic E-state index is 15.6. The highest BCUT2D eigenvalue weighted by Gasteiger charge is 2.43. The molecule has 3 aromatic rings. The van der Waals surface area contributed by atoms with Gasteiger partial charge in [-0.1, -0.05) is 0 Å². The first-order valence-corrected chi connectivity index (χ1v) is 10.7. The van der Waals surface area contributed by atoms with Gasteiger partial charge in [0.15, 0.2) is 10.5 Å². The molecule has 3 aromatic heterocycles. The lowest BCUT2D eigenvalue weighted by Crippen LogP contribution is -2.43. The van der Waals surface area contributed by atoms with E-state index in [9.17, 15) is 12.8 Å². The molecular weight excluding hydrogens is 406 g/mol. The van der Waals surface area contributed by atoms with E-state index in [0.717, 1.165) is 12.5 Å². The highest BCUT2D eigenvalue weighted by atomic mass is 32.2. The van der Waals surface area contributed by atoms with Gasteiger partial charge in [0.05, 0.1) is 12.8 Å². The SMILES string of the molecule is O=S(=O)(c1cnn2c1OCCC2)N1CCC(F)(c2cn3ncnc3cc2F)CC1. The summed E-state index contributed by atoms with van der Waals surface area (Å²) >= 11 is 0. The lowest BCUT2D eigenvalue weighted by Gasteiger charge is -2.35. The number of hydrogen-bond donors (Lipinski definition) is 0. The highest BCUT2D eigenvalue weighted by molar-refractivity contribution is 7.89. The van der Waals surface area contributed by atoms with E-state index < -0.39 is 21.5 Å². The molecule has 0 aliphatic carbocycles. The molecule has 0 radical (unpaired) electrons. The molecule has 9 nitrogen and oxygen atoms in total. The summed E-state index contributed by atoms with van der Waals surface area (Å²) in [5, 5.41) is 7.99. The molecule has 29 heavy (non-hydrogen) atoms. The number of aromatic nitrogens is 5. The van der Waals surface area contributed by atoms with Gasteiger partial charge in [-0.2, -0.15) is 14.5 Å². The number of nitrogens with zero attached hydrogens (tertiary/aromatic N) is 6. The first kappa shape index (κ1) is 18.4. The second kappa shape index (κ2) is 6.46. The lowest BCUT2D eigenvalue weighted by molar-refractivity contribution is 0.0824. The van der Waals surface area contributed by atoms with Crippen molar-refractivity contribution >= 4 is 15.7 Å². The summed E-state index contributed by atoms with van der Waals surface area (Å²) in [6, 6.07) is 1.13. The second-order valence-electron chi connectivity index (χ2n) is 7.21. The van der Waals surface area contributed by atoms with Crippen molar-refractivity contribution in [2.75, 3.05) is 19.7 Å². The van der Waals surface area contributed by atoms with E-state index in [2.05, 4.69) is 15.2 Å². The summed E-state index contributed by atoms with van der Waals surface area (Å²) in [6.07, 6.45) is 4.22. The Bertz CT molecular complexity index is 1180. The standard InChI is InChI=1S/C17H18F2N6O3S/c18-13-8-15-20-11-22-25(15)10-12(13)17(19)2-5-23(6-3-17)29(26,27)14-9-21-24-4-1-7-28-16(14)24/h8-11H,1-7H2. The number of fused-ring (bicyclic) bond motifs is 2. The number of halogens is 2. The Hall–Kier alpha value is -2.60. The molecule has 2 aliphatic rings. The van der Waals surface area contributed by atoms with Crippen LogP contribution in [0, 0.1) is 5.82 Å². The largest absolute Gasteiger partial charge is 0.477 e. The summed E-state index contributed by atoms with van der Waals surface area (Å²) in [6.45, 7) is 0.838. The van der Waals surface area contributed by atoms with Crippen LogP contribution in [0.25, 0.3) is 5.65 Å². The van der Waals surface area contributed by atoms with Crippen LogP contribution in [-0.2, 0) is 22.2 Å². The van der Waals surface area contributed by atoms with E-state index in [4.69, 9.17) is 4.74 Å². The van der Waals surface area contributed by atoms with Crippen LogP contribution < -0.4 is 4.74 Å². The fraction of sp³-hybridized carbons (Fsp3) is 0.471. The van der Waals surface area contributed by atoms with Gasteiger partial charge in [0.2, 0.25) is 15.9 Å². The summed E-state index contributed by atoms with van der Waals surface area (Å²) in [5.74, 6) is -0.501. The number of hydrogen-bond acceptors (Lipinski definition) is 6. The predicted octanol–water partition coefficient (Wildman–Crippen LogP) is 1.50. The smallest absolute Gasteiger partial charge is 0.250 e. The van der Waals surface area contributed by atoms with Gasteiger partial charge in [0, 0.05) is 43.9 Å². The molecule has 0 unspecified atom stereocenters.